The third kappa shape index (κ3) is 7.69. The number of carboxylic acid groups (broad SMARTS) is 1. The van der Waals surface area contributed by atoms with Crippen LogP contribution in [0.3, 0.4) is 0 Å². The summed E-state index contributed by atoms with van der Waals surface area (Å²) in [6.07, 6.45) is 3.53. The highest BCUT2D eigenvalue weighted by atomic mass is 79.9. The molecule has 0 saturated heterocycles. The molecule has 0 fully saturated rings. The Morgan fingerprint density at radius 1 is 1.89 bits per heavy atom. The lowest BCUT2D eigenvalue weighted by Crippen LogP contribution is -1.90. The van der Waals surface area contributed by atoms with Gasteiger partial charge in [0.1, 0.15) is 0 Å². The molecule has 0 aliphatic carbocycles. The van der Waals surface area contributed by atoms with Gasteiger partial charge in [-0.1, -0.05) is 28.1 Å². The fraction of sp³-hybridized carbons (Fsp3) is 0.500. The molecule has 0 aromatic carbocycles. The quantitative estimate of drug-likeness (QED) is 0.548. The van der Waals surface area contributed by atoms with Crippen LogP contribution in [-0.2, 0) is 4.79 Å². The predicted molar refractivity (Wildman–Crippen MR) is 39.8 cm³/mol. The molecular weight excluding hydrogens is 184 g/mol. The van der Waals surface area contributed by atoms with Crippen LogP contribution in [0, 0.1) is 0 Å². The molecule has 0 bridgehead atoms. The van der Waals surface area contributed by atoms with Gasteiger partial charge in [0.25, 0.3) is 0 Å². The van der Waals surface area contributed by atoms with E-state index < -0.39 is 5.97 Å². The summed E-state index contributed by atoms with van der Waals surface area (Å²) in [6, 6.07) is 0. The minimum absolute atomic E-state index is 0.107. The summed E-state index contributed by atoms with van der Waals surface area (Å²) in [5.41, 5.74) is 0. The summed E-state index contributed by atoms with van der Waals surface area (Å²) in [4.78, 5) is 10.2. The van der Waals surface area contributed by atoms with E-state index >= 15 is 0 Å². The predicted octanol–water partition coefficient (Wildman–Crippen LogP) is 1.80. The molecule has 0 rings (SSSR count). The van der Waals surface area contributed by atoms with E-state index in [4.69, 9.17) is 5.11 Å². The summed E-state index contributed by atoms with van der Waals surface area (Å²) in [5.74, 6) is -0.792. The van der Waals surface area contributed by atoms with E-state index in [1.54, 1.807) is 12.2 Å². The molecule has 1 atom stereocenters. The molecule has 0 aromatic heterocycles. The molecule has 52 valence electrons. The van der Waals surface area contributed by atoms with Gasteiger partial charge in [0.2, 0.25) is 0 Å². The SMILES string of the molecule is CC(Br)C=CCC(=O)O. The van der Waals surface area contributed by atoms with Crippen molar-refractivity contribution in [2.24, 2.45) is 0 Å². The molecule has 0 amide bonds. The van der Waals surface area contributed by atoms with Crippen LogP contribution in [0.15, 0.2) is 12.2 Å². The van der Waals surface area contributed by atoms with E-state index in [9.17, 15) is 4.79 Å². The third-order valence-corrected chi connectivity index (χ3v) is 0.999. The first-order valence-electron chi connectivity index (χ1n) is 2.65. The first-order chi connectivity index (χ1) is 4.13. The van der Waals surface area contributed by atoms with Gasteiger partial charge in [-0.2, -0.15) is 0 Å². The summed E-state index contributed by atoms with van der Waals surface area (Å²) >= 11 is 3.24. The minimum Gasteiger partial charge on any atom is -0.481 e. The zero-order chi connectivity index (χ0) is 7.28. The number of halogens is 1. The molecular formula is C6H9BrO2. The number of carbonyl (C=O) groups is 1. The Hall–Kier alpha value is -0.310. The molecule has 0 heterocycles. The largest absolute Gasteiger partial charge is 0.481 e. The van der Waals surface area contributed by atoms with Gasteiger partial charge >= 0.3 is 5.97 Å². The van der Waals surface area contributed by atoms with Gasteiger partial charge in [-0.3, -0.25) is 4.79 Å². The maximum absolute atomic E-state index is 9.91. The van der Waals surface area contributed by atoms with E-state index in [2.05, 4.69) is 15.9 Å². The lowest BCUT2D eigenvalue weighted by molar-refractivity contribution is -0.136. The molecule has 1 N–H and O–H groups in total. The van der Waals surface area contributed by atoms with Gasteiger partial charge in [0.05, 0.1) is 6.42 Å². The average Bonchev–Trinajstić information content (AvgIpc) is 1.63. The number of alkyl halides is 1. The highest BCUT2D eigenvalue weighted by molar-refractivity contribution is 9.09. The molecule has 0 aromatic rings. The average molecular weight is 193 g/mol. The van der Waals surface area contributed by atoms with Gasteiger partial charge in [-0.15, -0.1) is 0 Å². The number of aliphatic carboxylic acids is 1. The Kier molecular flexibility index (Phi) is 4.40. The number of hydrogen-bond donors (Lipinski definition) is 1. The summed E-state index contributed by atoms with van der Waals surface area (Å²) in [6.45, 7) is 1.93. The second kappa shape index (κ2) is 4.56. The first kappa shape index (κ1) is 8.69. The van der Waals surface area contributed by atoms with Crippen LogP contribution in [0.1, 0.15) is 13.3 Å². The van der Waals surface area contributed by atoms with Crippen LogP contribution < -0.4 is 0 Å². The molecule has 0 spiro atoms. The van der Waals surface area contributed by atoms with Crippen molar-refractivity contribution in [2.45, 2.75) is 18.2 Å². The van der Waals surface area contributed by atoms with Crippen molar-refractivity contribution < 1.29 is 9.90 Å². The molecule has 0 saturated carbocycles. The van der Waals surface area contributed by atoms with Gasteiger partial charge in [-0.05, 0) is 6.92 Å². The van der Waals surface area contributed by atoms with Crippen molar-refractivity contribution in [3.05, 3.63) is 12.2 Å². The number of carboxylic acids is 1. The second-order valence-corrected chi connectivity index (χ2v) is 3.15. The summed E-state index contributed by atoms with van der Waals surface area (Å²) in [5, 5.41) is 8.16. The Labute approximate surface area is 62.7 Å². The van der Waals surface area contributed by atoms with Gasteiger partial charge in [-0.25, -0.2) is 0 Å². The highest BCUT2D eigenvalue weighted by Crippen LogP contribution is 1.98. The number of rotatable bonds is 3. The Bertz CT molecular complexity index is 118. The minimum atomic E-state index is -0.792. The molecule has 9 heavy (non-hydrogen) atoms. The van der Waals surface area contributed by atoms with Crippen LogP contribution in [0.25, 0.3) is 0 Å². The fourth-order valence-corrected chi connectivity index (χ4v) is 0.572. The highest BCUT2D eigenvalue weighted by Gasteiger charge is 1.90. The molecule has 3 heteroatoms. The zero-order valence-electron chi connectivity index (χ0n) is 5.17. The van der Waals surface area contributed by atoms with Gasteiger partial charge in [0, 0.05) is 4.83 Å². The van der Waals surface area contributed by atoms with E-state index in [-0.39, 0.29) is 11.2 Å². The van der Waals surface area contributed by atoms with Crippen molar-refractivity contribution in [1.29, 1.82) is 0 Å². The molecule has 2 nitrogen and oxygen atoms in total. The topological polar surface area (TPSA) is 37.3 Å². The van der Waals surface area contributed by atoms with Crippen LogP contribution in [0.4, 0.5) is 0 Å². The van der Waals surface area contributed by atoms with Crippen LogP contribution in [0.5, 0.6) is 0 Å². The molecule has 1 unspecified atom stereocenters. The molecule has 0 aliphatic heterocycles. The standard InChI is InChI=1S/C6H9BrO2/c1-5(7)3-2-4-6(8)9/h2-3,5H,4H2,1H3,(H,8,9). The molecule has 0 aliphatic rings. The lowest BCUT2D eigenvalue weighted by Gasteiger charge is -1.88. The molecule has 0 radical (unpaired) electrons. The maximum Gasteiger partial charge on any atom is 0.307 e. The number of hydrogen-bond acceptors (Lipinski definition) is 1. The summed E-state index contributed by atoms with van der Waals surface area (Å²) < 4.78 is 0. The second-order valence-electron chi connectivity index (χ2n) is 1.70. The maximum atomic E-state index is 9.91. The van der Waals surface area contributed by atoms with Crippen molar-refractivity contribution >= 4 is 21.9 Å². The van der Waals surface area contributed by atoms with Crippen molar-refractivity contribution in [1.82, 2.24) is 0 Å². The Morgan fingerprint density at radius 2 is 2.44 bits per heavy atom. The van der Waals surface area contributed by atoms with Crippen LogP contribution in [0.2, 0.25) is 0 Å². The van der Waals surface area contributed by atoms with Crippen LogP contribution >= 0.6 is 15.9 Å². The van der Waals surface area contributed by atoms with Gasteiger partial charge in [0.15, 0.2) is 0 Å². The first-order valence-corrected chi connectivity index (χ1v) is 3.57. The van der Waals surface area contributed by atoms with E-state index in [0.717, 1.165) is 0 Å². The van der Waals surface area contributed by atoms with Crippen molar-refractivity contribution in [3.63, 3.8) is 0 Å². The van der Waals surface area contributed by atoms with Crippen molar-refractivity contribution in [2.75, 3.05) is 0 Å². The Balaban J connectivity index is 3.36. The smallest absolute Gasteiger partial charge is 0.307 e. The third-order valence-electron chi connectivity index (χ3n) is 0.694. The van der Waals surface area contributed by atoms with Crippen LogP contribution in [-0.4, -0.2) is 15.9 Å². The van der Waals surface area contributed by atoms with Crippen molar-refractivity contribution in [3.8, 4) is 0 Å². The lowest BCUT2D eigenvalue weighted by atomic mass is 10.3. The van der Waals surface area contributed by atoms with E-state index in [0.29, 0.717) is 0 Å². The fourth-order valence-electron chi connectivity index (χ4n) is 0.356. The zero-order valence-corrected chi connectivity index (χ0v) is 6.76. The normalized spacial score (nSPS) is 14.0. The van der Waals surface area contributed by atoms with E-state index in [1.165, 1.54) is 0 Å². The Morgan fingerprint density at radius 3 is 2.78 bits per heavy atom. The number of allylic oxidation sites excluding steroid dienone is 1. The summed E-state index contributed by atoms with van der Waals surface area (Å²) in [7, 11) is 0. The monoisotopic (exact) mass is 192 g/mol. The van der Waals surface area contributed by atoms with E-state index in [1.807, 2.05) is 6.92 Å². The van der Waals surface area contributed by atoms with Gasteiger partial charge < -0.3 is 5.11 Å².